The molecule has 0 radical (unpaired) electrons. The molecule has 1 rings (SSSR count). The lowest BCUT2D eigenvalue weighted by molar-refractivity contribution is 0.298. The van der Waals surface area contributed by atoms with Gasteiger partial charge < -0.3 is 10.2 Å². The summed E-state index contributed by atoms with van der Waals surface area (Å²) >= 11 is 8.80. The van der Waals surface area contributed by atoms with Crippen molar-refractivity contribution >= 4 is 43.2 Å². The minimum absolute atomic E-state index is 0.945. The Morgan fingerprint density at radius 3 is 2.53 bits per heavy atom. The third-order valence-electron chi connectivity index (χ3n) is 2.77. The summed E-state index contributed by atoms with van der Waals surface area (Å²) in [6.07, 6.45) is 1.21. The van der Waals surface area contributed by atoms with Crippen LogP contribution in [0.1, 0.15) is 25.8 Å². The molecule has 0 saturated carbocycles. The number of halogens is 2. The zero-order valence-corrected chi connectivity index (χ0v) is 14.4. The molecule has 0 aliphatic heterocycles. The number of hydrogen-bond acceptors (Lipinski definition) is 3. The molecular weight excluding hydrogens is 364 g/mol. The van der Waals surface area contributed by atoms with Crippen LogP contribution in [-0.2, 0) is 6.54 Å². The Morgan fingerprint density at radius 2 is 2.00 bits per heavy atom. The van der Waals surface area contributed by atoms with Crippen molar-refractivity contribution in [3.8, 4) is 0 Å². The standard InChI is InChI=1S/C12H20Br2N2S/c1-3-16(4-2)7-5-6-15-9-10-8-11(13)17-12(10)14/h8,15H,3-7,9H2,1-2H3. The number of rotatable bonds is 8. The highest BCUT2D eigenvalue weighted by atomic mass is 79.9. The van der Waals surface area contributed by atoms with Crippen molar-refractivity contribution in [3.63, 3.8) is 0 Å². The average Bonchev–Trinajstić information content (AvgIpc) is 2.62. The topological polar surface area (TPSA) is 15.3 Å². The van der Waals surface area contributed by atoms with E-state index in [0.717, 1.165) is 26.2 Å². The molecule has 0 aliphatic rings. The molecule has 0 aromatic carbocycles. The summed E-state index contributed by atoms with van der Waals surface area (Å²) in [5.74, 6) is 0. The molecule has 0 amide bonds. The molecule has 0 unspecified atom stereocenters. The molecule has 1 N–H and O–H groups in total. The maximum absolute atomic E-state index is 3.57. The first kappa shape index (κ1) is 15.6. The summed E-state index contributed by atoms with van der Waals surface area (Å²) in [5, 5.41) is 3.49. The molecule has 2 nitrogen and oxygen atoms in total. The largest absolute Gasteiger partial charge is 0.313 e. The average molecular weight is 384 g/mol. The first-order valence-electron chi connectivity index (χ1n) is 6.04. The Labute approximate surface area is 125 Å². The van der Waals surface area contributed by atoms with Gasteiger partial charge in [0.15, 0.2) is 0 Å². The predicted molar refractivity (Wildman–Crippen MR) is 83.8 cm³/mol. The summed E-state index contributed by atoms with van der Waals surface area (Å²) in [4.78, 5) is 2.46. The molecule has 0 bridgehead atoms. The second-order valence-electron chi connectivity index (χ2n) is 3.91. The lowest BCUT2D eigenvalue weighted by Crippen LogP contribution is -2.27. The second-order valence-corrected chi connectivity index (χ2v) is 7.66. The van der Waals surface area contributed by atoms with E-state index in [0.29, 0.717) is 0 Å². The first-order chi connectivity index (χ1) is 8.17. The van der Waals surface area contributed by atoms with Gasteiger partial charge in [-0.15, -0.1) is 11.3 Å². The van der Waals surface area contributed by atoms with Gasteiger partial charge in [0.05, 0.1) is 7.57 Å². The van der Waals surface area contributed by atoms with E-state index < -0.39 is 0 Å². The normalized spacial score (nSPS) is 11.4. The lowest BCUT2D eigenvalue weighted by Gasteiger charge is -2.17. The van der Waals surface area contributed by atoms with Gasteiger partial charge in [-0.1, -0.05) is 13.8 Å². The molecule has 0 saturated heterocycles. The third-order valence-corrected chi connectivity index (χ3v) is 5.23. The van der Waals surface area contributed by atoms with Crippen LogP contribution in [0.5, 0.6) is 0 Å². The fourth-order valence-corrected chi connectivity index (χ4v) is 4.51. The van der Waals surface area contributed by atoms with Crippen LogP contribution in [0.25, 0.3) is 0 Å². The fourth-order valence-electron chi connectivity index (χ4n) is 1.69. The fraction of sp³-hybridized carbons (Fsp3) is 0.667. The van der Waals surface area contributed by atoms with Crippen molar-refractivity contribution in [2.24, 2.45) is 0 Å². The molecule has 1 aromatic heterocycles. The van der Waals surface area contributed by atoms with Crippen LogP contribution < -0.4 is 5.32 Å². The van der Waals surface area contributed by atoms with Crippen LogP contribution in [0.15, 0.2) is 13.6 Å². The van der Waals surface area contributed by atoms with E-state index in [1.165, 1.54) is 26.1 Å². The highest BCUT2D eigenvalue weighted by Gasteiger charge is 2.04. The van der Waals surface area contributed by atoms with E-state index in [1.54, 1.807) is 11.3 Å². The Kier molecular flexibility index (Phi) is 7.95. The summed E-state index contributed by atoms with van der Waals surface area (Å²) in [6.45, 7) is 9.96. The van der Waals surface area contributed by atoms with Gasteiger partial charge in [0, 0.05) is 6.54 Å². The molecule has 0 spiro atoms. The van der Waals surface area contributed by atoms with E-state index in [-0.39, 0.29) is 0 Å². The van der Waals surface area contributed by atoms with E-state index in [2.05, 4.69) is 62.0 Å². The van der Waals surface area contributed by atoms with Gasteiger partial charge >= 0.3 is 0 Å². The summed E-state index contributed by atoms with van der Waals surface area (Å²) in [5.41, 5.74) is 1.34. The van der Waals surface area contributed by atoms with Gasteiger partial charge in [0.2, 0.25) is 0 Å². The second kappa shape index (κ2) is 8.64. The quantitative estimate of drug-likeness (QED) is 0.680. The lowest BCUT2D eigenvalue weighted by atomic mass is 10.3. The van der Waals surface area contributed by atoms with Gasteiger partial charge in [0.1, 0.15) is 0 Å². The highest BCUT2D eigenvalue weighted by molar-refractivity contribution is 9.12. The molecule has 0 aliphatic carbocycles. The molecule has 1 aromatic rings. The van der Waals surface area contributed by atoms with Crippen molar-refractivity contribution in [1.82, 2.24) is 10.2 Å². The number of nitrogens with zero attached hydrogens (tertiary/aromatic N) is 1. The molecule has 17 heavy (non-hydrogen) atoms. The summed E-state index contributed by atoms with van der Waals surface area (Å²) in [6, 6.07) is 2.17. The predicted octanol–water partition coefficient (Wildman–Crippen LogP) is 4.09. The van der Waals surface area contributed by atoms with Crippen molar-refractivity contribution in [3.05, 3.63) is 19.2 Å². The molecule has 5 heteroatoms. The maximum atomic E-state index is 3.57. The highest BCUT2D eigenvalue weighted by Crippen LogP contribution is 2.31. The van der Waals surface area contributed by atoms with Crippen molar-refractivity contribution in [2.75, 3.05) is 26.2 Å². The monoisotopic (exact) mass is 382 g/mol. The SMILES string of the molecule is CCN(CC)CCCNCc1cc(Br)sc1Br. The smallest absolute Gasteiger partial charge is 0.0755 e. The Hall–Kier alpha value is 0.580. The van der Waals surface area contributed by atoms with E-state index in [1.807, 2.05) is 0 Å². The van der Waals surface area contributed by atoms with Crippen LogP contribution >= 0.6 is 43.2 Å². The minimum Gasteiger partial charge on any atom is -0.313 e. The molecular formula is C12H20Br2N2S. The zero-order valence-electron chi connectivity index (χ0n) is 10.4. The first-order valence-corrected chi connectivity index (χ1v) is 8.44. The van der Waals surface area contributed by atoms with E-state index in [9.17, 15) is 0 Å². The van der Waals surface area contributed by atoms with Crippen LogP contribution in [0.3, 0.4) is 0 Å². The number of hydrogen-bond donors (Lipinski definition) is 1. The molecule has 98 valence electrons. The maximum Gasteiger partial charge on any atom is 0.0755 e. The molecule has 0 fully saturated rings. The van der Waals surface area contributed by atoms with Crippen LogP contribution in [0.2, 0.25) is 0 Å². The van der Waals surface area contributed by atoms with Crippen LogP contribution in [-0.4, -0.2) is 31.1 Å². The molecule has 1 heterocycles. The summed E-state index contributed by atoms with van der Waals surface area (Å²) < 4.78 is 2.41. The van der Waals surface area contributed by atoms with Gasteiger partial charge in [0.25, 0.3) is 0 Å². The van der Waals surface area contributed by atoms with E-state index >= 15 is 0 Å². The summed E-state index contributed by atoms with van der Waals surface area (Å²) in [7, 11) is 0. The Bertz CT molecular complexity index is 324. The van der Waals surface area contributed by atoms with Gasteiger partial charge in [-0.05, 0) is 76.1 Å². The Balaban J connectivity index is 2.14. The number of thiophene rings is 1. The zero-order chi connectivity index (χ0) is 12.7. The third kappa shape index (κ3) is 5.83. The van der Waals surface area contributed by atoms with Gasteiger partial charge in [-0.25, -0.2) is 0 Å². The minimum atomic E-state index is 0.945. The van der Waals surface area contributed by atoms with Crippen molar-refractivity contribution in [2.45, 2.75) is 26.8 Å². The van der Waals surface area contributed by atoms with Crippen molar-refractivity contribution < 1.29 is 0 Å². The Morgan fingerprint density at radius 1 is 1.29 bits per heavy atom. The van der Waals surface area contributed by atoms with Crippen molar-refractivity contribution in [1.29, 1.82) is 0 Å². The molecule has 0 atom stereocenters. The van der Waals surface area contributed by atoms with Gasteiger partial charge in [-0.2, -0.15) is 0 Å². The van der Waals surface area contributed by atoms with Gasteiger partial charge in [-0.3, -0.25) is 0 Å². The number of nitrogens with one attached hydrogen (secondary N) is 1. The van der Waals surface area contributed by atoms with Crippen LogP contribution in [0.4, 0.5) is 0 Å². The van der Waals surface area contributed by atoms with E-state index in [4.69, 9.17) is 0 Å². The van der Waals surface area contributed by atoms with Crippen LogP contribution in [0, 0.1) is 0 Å².